The quantitative estimate of drug-likeness (QED) is 0.869. The fraction of sp³-hybridized carbons (Fsp3) is 0.588. The molecule has 0 unspecified atom stereocenters. The molecule has 2 fully saturated rings. The zero-order valence-corrected chi connectivity index (χ0v) is 13.3. The molecule has 6 heteroatoms. The van der Waals surface area contributed by atoms with Crippen molar-refractivity contribution < 1.29 is 18.7 Å². The third kappa shape index (κ3) is 3.93. The Morgan fingerprint density at radius 1 is 1.26 bits per heavy atom. The van der Waals surface area contributed by atoms with Gasteiger partial charge in [-0.15, -0.1) is 0 Å². The molecule has 2 aliphatic rings. The summed E-state index contributed by atoms with van der Waals surface area (Å²) < 4.78 is 24.3. The van der Waals surface area contributed by atoms with Gasteiger partial charge in [-0.3, -0.25) is 4.79 Å². The molecule has 5 nitrogen and oxygen atoms in total. The number of piperidine rings is 1. The number of rotatable bonds is 5. The number of benzene rings is 1. The van der Waals surface area contributed by atoms with Gasteiger partial charge in [-0.25, -0.2) is 4.39 Å². The van der Waals surface area contributed by atoms with Crippen molar-refractivity contribution in [2.45, 2.75) is 37.8 Å². The lowest BCUT2D eigenvalue weighted by Gasteiger charge is -2.36. The molecule has 1 aromatic rings. The molecule has 1 amide bonds. The zero-order valence-electron chi connectivity index (χ0n) is 13.3. The van der Waals surface area contributed by atoms with Crippen molar-refractivity contribution in [3.63, 3.8) is 0 Å². The van der Waals surface area contributed by atoms with Gasteiger partial charge in [-0.05, 0) is 50.9 Å². The smallest absolute Gasteiger partial charge is 0.223 e. The molecule has 3 rings (SSSR count). The van der Waals surface area contributed by atoms with Gasteiger partial charge in [0, 0.05) is 18.0 Å². The third-order valence-corrected chi connectivity index (χ3v) is 4.57. The lowest BCUT2D eigenvalue weighted by atomic mass is 9.81. The molecule has 1 heterocycles. The van der Waals surface area contributed by atoms with E-state index in [4.69, 9.17) is 9.47 Å². The van der Waals surface area contributed by atoms with Crippen molar-refractivity contribution in [1.29, 1.82) is 0 Å². The van der Waals surface area contributed by atoms with Crippen LogP contribution in [0.5, 0.6) is 11.5 Å². The van der Waals surface area contributed by atoms with Crippen LogP contribution in [0.15, 0.2) is 18.2 Å². The molecular weight excluding hydrogens is 299 g/mol. The van der Waals surface area contributed by atoms with Crippen molar-refractivity contribution in [3.05, 3.63) is 24.0 Å². The van der Waals surface area contributed by atoms with E-state index in [1.54, 1.807) is 6.07 Å². The topological polar surface area (TPSA) is 59.6 Å². The minimum absolute atomic E-state index is 0.00515. The normalized spacial score (nSPS) is 24.6. The highest BCUT2D eigenvalue weighted by Crippen LogP contribution is 2.35. The molecule has 0 aromatic heterocycles. The Bertz CT molecular complexity index is 555. The molecule has 126 valence electrons. The molecule has 1 aromatic carbocycles. The Morgan fingerprint density at radius 3 is 2.70 bits per heavy atom. The van der Waals surface area contributed by atoms with Crippen molar-refractivity contribution in [2.75, 3.05) is 20.2 Å². The van der Waals surface area contributed by atoms with Gasteiger partial charge < -0.3 is 20.1 Å². The van der Waals surface area contributed by atoms with Crippen LogP contribution in [0, 0.1) is 11.7 Å². The molecule has 1 saturated carbocycles. The third-order valence-electron chi connectivity index (χ3n) is 4.57. The van der Waals surface area contributed by atoms with E-state index in [9.17, 15) is 9.18 Å². The van der Waals surface area contributed by atoms with Gasteiger partial charge in [0.2, 0.25) is 5.91 Å². The van der Waals surface area contributed by atoms with Crippen LogP contribution in [-0.4, -0.2) is 38.3 Å². The van der Waals surface area contributed by atoms with Crippen LogP contribution in [-0.2, 0) is 4.79 Å². The second-order valence-corrected chi connectivity index (χ2v) is 6.24. The highest BCUT2D eigenvalue weighted by molar-refractivity contribution is 5.80. The van der Waals surface area contributed by atoms with Gasteiger partial charge in [0.25, 0.3) is 0 Å². The first-order valence-electron chi connectivity index (χ1n) is 8.17. The molecule has 1 aliphatic carbocycles. The maximum absolute atomic E-state index is 13.3. The van der Waals surface area contributed by atoms with Gasteiger partial charge in [-0.2, -0.15) is 0 Å². The number of carbonyl (C=O) groups excluding carboxylic acids is 1. The number of halogens is 1. The van der Waals surface area contributed by atoms with Gasteiger partial charge in [0.1, 0.15) is 11.9 Å². The molecule has 0 atom stereocenters. The monoisotopic (exact) mass is 322 g/mol. The predicted octanol–water partition coefficient (Wildman–Crippen LogP) is 1.86. The largest absolute Gasteiger partial charge is 0.493 e. The molecule has 23 heavy (non-hydrogen) atoms. The number of carbonyl (C=O) groups is 1. The van der Waals surface area contributed by atoms with E-state index in [-0.39, 0.29) is 29.8 Å². The van der Waals surface area contributed by atoms with Crippen LogP contribution >= 0.6 is 0 Å². The van der Waals surface area contributed by atoms with E-state index in [0.29, 0.717) is 24.3 Å². The minimum Gasteiger partial charge on any atom is -0.493 e. The summed E-state index contributed by atoms with van der Waals surface area (Å²) in [5, 5.41) is 6.40. The van der Waals surface area contributed by atoms with E-state index in [2.05, 4.69) is 10.6 Å². The van der Waals surface area contributed by atoms with Crippen molar-refractivity contribution in [3.8, 4) is 11.5 Å². The van der Waals surface area contributed by atoms with Gasteiger partial charge in [0.15, 0.2) is 11.5 Å². The standard InChI is InChI=1S/C17H23FN2O3/c1-22-15-3-2-12(18)10-16(15)23-14-8-11(9-14)17(21)20-13-4-6-19-7-5-13/h2-3,10-11,13-14,19H,4-9H2,1H3,(H,20,21)/t11-,14-. The zero-order chi connectivity index (χ0) is 16.2. The van der Waals surface area contributed by atoms with Gasteiger partial charge in [-0.1, -0.05) is 0 Å². The summed E-state index contributed by atoms with van der Waals surface area (Å²) in [5.74, 6) is 0.654. The van der Waals surface area contributed by atoms with E-state index in [1.807, 2.05) is 0 Å². The first kappa shape index (κ1) is 16.1. The summed E-state index contributed by atoms with van der Waals surface area (Å²) in [6.07, 6.45) is 3.24. The Hall–Kier alpha value is -1.82. The van der Waals surface area contributed by atoms with Crippen LogP contribution in [0.2, 0.25) is 0 Å². The van der Waals surface area contributed by atoms with Crippen LogP contribution in [0.3, 0.4) is 0 Å². The number of hydrogen-bond acceptors (Lipinski definition) is 4. The van der Waals surface area contributed by atoms with E-state index in [1.165, 1.54) is 19.2 Å². The molecule has 0 spiro atoms. The first-order chi connectivity index (χ1) is 11.2. The average Bonchev–Trinajstić information content (AvgIpc) is 2.51. The number of amides is 1. The Morgan fingerprint density at radius 2 is 2.00 bits per heavy atom. The Kier molecular flexibility index (Phi) is 5.00. The molecule has 1 aliphatic heterocycles. The molecule has 1 saturated heterocycles. The first-order valence-corrected chi connectivity index (χ1v) is 8.17. The molecule has 2 N–H and O–H groups in total. The van der Waals surface area contributed by atoms with Crippen LogP contribution in [0.4, 0.5) is 4.39 Å². The highest BCUT2D eigenvalue weighted by atomic mass is 19.1. The van der Waals surface area contributed by atoms with E-state index >= 15 is 0 Å². The Balaban J connectivity index is 1.47. The summed E-state index contributed by atoms with van der Waals surface area (Å²) in [4.78, 5) is 12.2. The predicted molar refractivity (Wildman–Crippen MR) is 84.1 cm³/mol. The fourth-order valence-electron chi connectivity index (χ4n) is 3.08. The maximum Gasteiger partial charge on any atom is 0.223 e. The van der Waals surface area contributed by atoms with Crippen LogP contribution in [0.25, 0.3) is 0 Å². The molecular formula is C17H23FN2O3. The lowest BCUT2D eigenvalue weighted by molar-refractivity contribution is -0.131. The average molecular weight is 322 g/mol. The number of methoxy groups -OCH3 is 1. The molecule has 0 radical (unpaired) electrons. The van der Waals surface area contributed by atoms with Crippen LogP contribution < -0.4 is 20.1 Å². The highest BCUT2D eigenvalue weighted by Gasteiger charge is 2.37. The lowest BCUT2D eigenvalue weighted by Crippen LogP contribution is -2.49. The molecule has 0 bridgehead atoms. The Labute approximate surface area is 135 Å². The summed E-state index contributed by atoms with van der Waals surface area (Å²) in [5.41, 5.74) is 0. The summed E-state index contributed by atoms with van der Waals surface area (Å²) in [6, 6.07) is 4.49. The summed E-state index contributed by atoms with van der Waals surface area (Å²) in [6.45, 7) is 1.92. The fourth-order valence-corrected chi connectivity index (χ4v) is 3.08. The second kappa shape index (κ2) is 7.17. The van der Waals surface area contributed by atoms with E-state index < -0.39 is 0 Å². The van der Waals surface area contributed by atoms with E-state index in [0.717, 1.165) is 25.9 Å². The number of nitrogens with one attached hydrogen (secondary N) is 2. The summed E-state index contributed by atoms with van der Waals surface area (Å²) in [7, 11) is 1.52. The maximum atomic E-state index is 13.3. The van der Waals surface area contributed by atoms with Crippen molar-refractivity contribution >= 4 is 5.91 Å². The minimum atomic E-state index is -0.361. The van der Waals surface area contributed by atoms with Crippen molar-refractivity contribution in [2.24, 2.45) is 5.92 Å². The number of hydrogen-bond donors (Lipinski definition) is 2. The number of ether oxygens (including phenoxy) is 2. The van der Waals surface area contributed by atoms with Crippen LogP contribution in [0.1, 0.15) is 25.7 Å². The second-order valence-electron chi connectivity index (χ2n) is 6.24. The SMILES string of the molecule is COc1ccc(F)cc1O[C@H]1C[C@H](C(=O)NC2CCNCC2)C1. The van der Waals surface area contributed by atoms with Crippen molar-refractivity contribution in [1.82, 2.24) is 10.6 Å². The van der Waals surface area contributed by atoms with Gasteiger partial charge in [0.05, 0.1) is 7.11 Å². The van der Waals surface area contributed by atoms with Gasteiger partial charge >= 0.3 is 0 Å². The summed E-state index contributed by atoms with van der Waals surface area (Å²) >= 11 is 0.